The highest BCUT2D eigenvalue weighted by Crippen LogP contribution is 2.23. The molecule has 0 radical (unpaired) electrons. The Morgan fingerprint density at radius 3 is 2.83 bits per heavy atom. The van der Waals surface area contributed by atoms with Gasteiger partial charge in [-0.15, -0.1) is 10.2 Å². The molecule has 0 aliphatic carbocycles. The Balaban J connectivity index is 2.31. The molecule has 2 aromatic rings. The van der Waals surface area contributed by atoms with Crippen molar-refractivity contribution in [3.05, 3.63) is 33.7 Å². The van der Waals surface area contributed by atoms with Gasteiger partial charge < -0.3 is 10.0 Å². The second-order valence-electron chi connectivity index (χ2n) is 3.43. The van der Waals surface area contributed by atoms with E-state index in [9.17, 15) is 9.90 Å². The Kier molecular flexibility index (Phi) is 3.78. The van der Waals surface area contributed by atoms with E-state index in [1.54, 1.807) is 18.2 Å². The van der Waals surface area contributed by atoms with Crippen molar-refractivity contribution in [2.24, 2.45) is 0 Å². The number of aromatic nitrogens is 2. The molecule has 1 aromatic carbocycles. The van der Waals surface area contributed by atoms with E-state index in [-0.39, 0.29) is 21.1 Å². The van der Waals surface area contributed by atoms with Crippen LogP contribution in [0.1, 0.15) is 16.7 Å². The van der Waals surface area contributed by atoms with E-state index in [1.165, 1.54) is 11.0 Å². The van der Waals surface area contributed by atoms with Gasteiger partial charge in [-0.25, -0.2) is 0 Å². The highest BCUT2D eigenvalue weighted by atomic mass is 35.5. The van der Waals surface area contributed by atoms with Crippen LogP contribution in [0.4, 0.5) is 5.69 Å². The molecule has 94 valence electrons. The van der Waals surface area contributed by atoms with Crippen LogP contribution in [0.2, 0.25) is 4.47 Å². The number of aromatic hydroxyl groups is 1. The summed E-state index contributed by atoms with van der Waals surface area (Å²) < 4.78 is 0.227. The Labute approximate surface area is 113 Å². The zero-order valence-electron chi connectivity index (χ0n) is 9.50. The summed E-state index contributed by atoms with van der Waals surface area (Å²) in [7, 11) is 0. The molecule has 0 atom stereocenters. The van der Waals surface area contributed by atoms with E-state index in [2.05, 4.69) is 10.2 Å². The number of amides is 1. The lowest BCUT2D eigenvalue weighted by molar-refractivity contribution is 0.0987. The van der Waals surface area contributed by atoms with E-state index >= 15 is 0 Å². The van der Waals surface area contributed by atoms with Crippen LogP contribution in [0.3, 0.4) is 0 Å². The fraction of sp³-hybridized carbons (Fsp3) is 0.182. The van der Waals surface area contributed by atoms with Crippen LogP contribution in [0.15, 0.2) is 24.3 Å². The SMILES string of the molecule is CCN(C(=O)c1nnc(Cl)s1)c1cccc(O)c1. The van der Waals surface area contributed by atoms with Crippen molar-refractivity contribution >= 4 is 34.5 Å². The lowest BCUT2D eigenvalue weighted by Gasteiger charge is -2.19. The summed E-state index contributed by atoms with van der Waals surface area (Å²) in [4.78, 5) is 13.7. The summed E-state index contributed by atoms with van der Waals surface area (Å²) in [5.74, 6) is -0.179. The van der Waals surface area contributed by atoms with Gasteiger partial charge in [-0.3, -0.25) is 4.79 Å². The highest BCUT2D eigenvalue weighted by molar-refractivity contribution is 7.17. The van der Waals surface area contributed by atoms with E-state index < -0.39 is 0 Å². The van der Waals surface area contributed by atoms with Crippen LogP contribution in [-0.4, -0.2) is 27.8 Å². The van der Waals surface area contributed by atoms with Crippen LogP contribution in [0, 0.1) is 0 Å². The third kappa shape index (κ3) is 2.60. The van der Waals surface area contributed by atoms with E-state index in [0.717, 1.165) is 11.3 Å². The van der Waals surface area contributed by atoms with Crippen LogP contribution in [-0.2, 0) is 0 Å². The standard InChI is InChI=1S/C11H10ClN3O2S/c1-2-15(7-4-3-5-8(16)6-7)10(17)9-13-14-11(12)18-9/h3-6,16H,2H2,1H3. The predicted octanol–water partition coefficient (Wildman–Crippen LogP) is 2.56. The summed E-state index contributed by atoms with van der Waals surface area (Å²) in [5, 5.41) is 17.0. The van der Waals surface area contributed by atoms with Gasteiger partial charge in [0.25, 0.3) is 5.91 Å². The molecule has 5 nitrogen and oxygen atoms in total. The number of anilines is 1. The van der Waals surface area contributed by atoms with E-state index in [0.29, 0.717) is 12.2 Å². The molecule has 0 saturated heterocycles. The zero-order chi connectivity index (χ0) is 13.1. The molecule has 1 aromatic heterocycles. The molecule has 0 fully saturated rings. The molecule has 2 rings (SSSR count). The number of phenols is 1. The summed E-state index contributed by atoms with van der Waals surface area (Å²) in [5.41, 5.74) is 0.605. The van der Waals surface area contributed by atoms with Gasteiger partial charge in [-0.2, -0.15) is 0 Å². The van der Waals surface area contributed by atoms with Gasteiger partial charge in [0.2, 0.25) is 9.47 Å². The molecule has 0 aliphatic heterocycles. The molecule has 1 amide bonds. The Hall–Kier alpha value is -1.66. The van der Waals surface area contributed by atoms with Crippen LogP contribution in [0.5, 0.6) is 5.75 Å². The van der Waals surface area contributed by atoms with Crippen molar-refractivity contribution in [1.29, 1.82) is 0 Å². The Bertz CT molecular complexity index is 573. The average Bonchev–Trinajstić information content (AvgIpc) is 2.77. The fourth-order valence-corrected chi connectivity index (χ4v) is 2.29. The predicted molar refractivity (Wildman–Crippen MR) is 70.4 cm³/mol. The minimum absolute atomic E-state index is 0.106. The lowest BCUT2D eigenvalue weighted by Crippen LogP contribution is -2.30. The number of hydrogen-bond acceptors (Lipinski definition) is 5. The second kappa shape index (κ2) is 5.32. The molecule has 18 heavy (non-hydrogen) atoms. The maximum Gasteiger partial charge on any atom is 0.289 e. The van der Waals surface area contributed by atoms with Crippen LogP contribution < -0.4 is 4.90 Å². The van der Waals surface area contributed by atoms with Gasteiger partial charge in [0.15, 0.2) is 0 Å². The van der Waals surface area contributed by atoms with Gasteiger partial charge in [0, 0.05) is 18.3 Å². The third-order valence-corrected chi connectivity index (χ3v) is 3.29. The number of carbonyl (C=O) groups excluding carboxylic acids is 1. The molecule has 0 bridgehead atoms. The molecule has 0 saturated carbocycles. The van der Waals surface area contributed by atoms with Gasteiger partial charge in [0.05, 0.1) is 0 Å². The number of halogens is 1. The Morgan fingerprint density at radius 2 is 2.28 bits per heavy atom. The topological polar surface area (TPSA) is 66.3 Å². The molecule has 0 aliphatic rings. The first-order valence-electron chi connectivity index (χ1n) is 5.21. The van der Waals surface area contributed by atoms with Gasteiger partial charge in [-0.1, -0.05) is 17.4 Å². The second-order valence-corrected chi connectivity index (χ2v) is 4.99. The number of carbonyl (C=O) groups is 1. The number of hydrogen-bond donors (Lipinski definition) is 1. The van der Waals surface area contributed by atoms with Crippen molar-refractivity contribution in [3.8, 4) is 5.75 Å². The number of benzene rings is 1. The quantitative estimate of drug-likeness (QED) is 0.940. The smallest absolute Gasteiger partial charge is 0.289 e. The number of phenolic OH excluding ortho intramolecular Hbond substituents is 1. The molecule has 0 unspecified atom stereocenters. The van der Waals surface area contributed by atoms with Crippen molar-refractivity contribution in [1.82, 2.24) is 10.2 Å². The lowest BCUT2D eigenvalue weighted by atomic mass is 10.2. The molecular formula is C11H10ClN3O2S. The molecule has 1 N–H and O–H groups in total. The fourth-order valence-electron chi connectivity index (χ4n) is 1.51. The monoisotopic (exact) mass is 283 g/mol. The van der Waals surface area contributed by atoms with Crippen molar-refractivity contribution < 1.29 is 9.90 Å². The van der Waals surface area contributed by atoms with Gasteiger partial charge in [-0.05, 0) is 30.7 Å². The molecule has 0 spiro atoms. The number of rotatable bonds is 3. The molecule has 1 heterocycles. The Morgan fingerprint density at radius 1 is 1.50 bits per heavy atom. The first kappa shape index (κ1) is 12.8. The van der Waals surface area contributed by atoms with Crippen molar-refractivity contribution in [2.75, 3.05) is 11.4 Å². The van der Waals surface area contributed by atoms with E-state index in [4.69, 9.17) is 11.6 Å². The van der Waals surface area contributed by atoms with Crippen LogP contribution in [0.25, 0.3) is 0 Å². The maximum absolute atomic E-state index is 12.2. The zero-order valence-corrected chi connectivity index (χ0v) is 11.1. The van der Waals surface area contributed by atoms with E-state index in [1.807, 2.05) is 6.92 Å². The van der Waals surface area contributed by atoms with Crippen LogP contribution >= 0.6 is 22.9 Å². The average molecular weight is 284 g/mol. The first-order valence-corrected chi connectivity index (χ1v) is 6.41. The van der Waals surface area contributed by atoms with Crippen molar-refractivity contribution in [3.63, 3.8) is 0 Å². The minimum atomic E-state index is -0.285. The summed E-state index contributed by atoms with van der Waals surface area (Å²) >= 11 is 6.69. The normalized spacial score (nSPS) is 10.3. The van der Waals surface area contributed by atoms with Crippen molar-refractivity contribution in [2.45, 2.75) is 6.92 Å². The first-order chi connectivity index (χ1) is 8.61. The van der Waals surface area contributed by atoms with Gasteiger partial charge in [0.1, 0.15) is 5.75 Å². The largest absolute Gasteiger partial charge is 0.508 e. The highest BCUT2D eigenvalue weighted by Gasteiger charge is 2.20. The summed E-state index contributed by atoms with van der Waals surface area (Å²) in [6, 6.07) is 6.48. The number of nitrogens with zero attached hydrogens (tertiary/aromatic N) is 3. The summed E-state index contributed by atoms with van der Waals surface area (Å²) in [6.07, 6.45) is 0. The minimum Gasteiger partial charge on any atom is -0.508 e. The maximum atomic E-state index is 12.2. The summed E-state index contributed by atoms with van der Waals surface area (Å²) in [6.45, 7) is 2.30. The molecule has 7 heteroatoms. The third-order valence-electron chi connectivity index (χ3n) is 2.29. The molecular weight excluding hydrogens is 274 g/mol. The van der Waals surface area contributed by atoms with Gasteiger partial charge >= 0.3 is 0 Å².